The first kappa shape index (κ1) is 10.1. The van der Waals surface area contributed by atoms with Gasteiger partial charge in [0.15, 0.2) is 5.76 Å². The maximum Gasteiger partial charge on any atom is 0.293 e. The highest BCUT2D eigenvalue weighted by Gasteiger charge is 2.14. The zero-order valence-electron chi connectivity index (χ0n) is 9.70. The summed E-state index contributed by atoms with van der Waals surface area (Å²) in [5.41, 5.74) is 1.66. The highest BCUT2D eigenvalue weighted by Crippen LogP contribution is 2.27. The number of pyridine rings is 1. The van der Waals surface area contributed by atoms with Crippen LogP contribution in [0.2, 0.25) is 0 Å². The van der Waals surface area contributed by atoms with E-state index in [0.29, 0.717) is 17.5 Å². The number of furan rings is 1. The molecule has 4 rings (SSSR count). The molecule has 19 heavy (non-hydrogen) atoms. The average molecular weight is 252 g/mol. The lowest BCUT2D eigenvalue weighted by Gasteiger charge is -1.95. The molecule has 0 unspecified atom stereocenters. The van der Waals surface area contributed by atoms with Crippen LogP contribution < -0.4 is 0 Å². The molecule has 1 N–H and O–H groups in total. The van der Waals surface area contributed by atoms with Gasteiger partial charge in [-0.15, -0.1) is 0 Å². The van der Waals surface area contributed by atoms with Crippen molar-refractivity contribution in [3.05, 3.63) is 42.9 Å². The molecule has 0 aliphatic carbocycles. The highest BCUT2D eigenvalue weighted by molar-refractivity contribution is 5.90. The van der Waals surface area contributed by atoms with Crippen LogP contribution in [-0.2, 0) is 0 Å². The molecule has 4 aromatic heterocycles. The molecule has 0 amide bonds. The van der Waals surface area contributed by atoms with Crippen LogP contribution in [0.1, 0.15) is 0 Å². The standard InChI is InChI=1S/C13H8N4O2/c1-2-10(18-7-1)13-16-12(17-19-13)9-4-6-15-11-8(9)3-5-14-11/h1-7H,(H,14,15). The molecule has 0 aliphatic heterocycles. The van der Waals surface area contributed by atoms with Crippen molar-refractivity contribution < 1.29 is 8.94 Å². The normalized spacial score (nSPS) is 11.2. The Bertz CT molecular complexity index is 829. The topological polar surface area (TPSA) is 80.7 Å². The van der Waals surface area contributed by atoms with Gasteiger partial charge in [0.25, 0.3) is 5.89 Å². The van der Waals surface area contributed by atoms with E-state index in [4.69, 9.17) is 8.94 Å². The summed E-state index contributed by atoms with van der Waals surface area (Å²) in [6, 6.07) is 7.33. The van der Waals surface area contributed by atoms with E-state index in [0.717, 1.165) is 16.6 Å². The summed E-state index contributed by atoms with van der Waals surface area (Å²) in [5, 5.41) is 4.94. The fourth-order valence-electron chi connectivity index (χ4n) is 1.99. The van der Waals surface area contributed by atoms with Gasteiger partial charge in [0.1, 0.15) is 5.65 Å². The predicted molar refractivity (Wildman–Crippen MR) is 67.1 cm³/mol. The van der Waals surface area contributed by atoms with Gasteiger partial charge in [0, 0.05) is 23.3 Å². The fraction of sp³-hybridized carbons (Fsp3) is 0. The number of hydrogen-bond donors (Lipinski definition) is 1. The Kier molecular flexibility index (Phi) is 2.02. The molecule has 0 aliphatic rings. The monoisotopic (exact) mass is 252 g/mol. The van der Waals surface area contributed by atoms with Crippen molar-refractivity contribution >= 4 is 11.0 Å². The zero-order valence-corrected chi connectivity index (χ0v) is 9.70. The van der Waals surface area contributed by atoms with Crippen LogP contribution in [0.4, 0.5) is 0 Å². The number of aromatic nitrogens is 4. The van der Waals surface area contributed by atoms with Gasteiger partial charge in [-0.1, -0.05) is 5.16 Å². The SMILES string of the molecule is c1coc(-c2nc(-c3ccnc4[nH]ccc34)no2)c1. The number of fused-ring (bicyclic) bond motifs is 1. The van der Waals surface area contributed by atoms with Crippen LogP contribution in [0.15, 0.2) is 51.9 Å². The molecule has 0 bridgehead atoms. The van der Waals surface area contributed by atoms with Gasteiger partial charge in [-0.3, -0.25) is 0 Å². The molecule has 6 nitrogen and oxygen atoms in total. The van der Waals surface area contributed by atoms with Crippen molar-refractivity contribution in [3.8, 4) is 23.0 Å². The second-order valence-corrected chi connectivity index (χ2v) is 4.00. The van der Waals surface area contributed by atoms with Crippen LogP contribution in [0.25, 0.3) is 34.1 Å². The molecule has 0 atom stereocenters. The van der Waals surface area contributed by atoms with E-state index in [-0.39, 0.29) is 0 Å². The maximum atomic E-state index is 5.23. The summed E-state index contributed by atoms with van der Waals surface area (Å²) in [7, 11) is 0. The van der Waals surface area contributed by atoms with Crippen LogP contribution in [0.5, 0.6) is 0 Å². The van der Waals surface area contributed by atoms with Crippen LogP contribution in [-0.4, -0.2) is 20.1 Å². The Hall–Kier alpha value is -2.89. The third-order valence-electron chi connectivity index (χ3n) is 2.86. The minimum atomic E-state index is 0.362. The molecular weight excluding hydrogens is 244 g/mol. The van der Waals surface area contributed by atoms with E-state index in [9.17, 15) is 0 Å². The van der Waals surface area contributed by atoms with Crippen LogP contribution in [0, 0.1) is 0 Å². The first-order valence-electron chi connectivity index (χ1n) is 5.72. The summed E-state index contributed by atoms with van der Waals surface area (Å²) in [5.74, 6) is 1.43. The first-order chi connectivity index (χ1) is 9.42. The number of nitrogens with one attached hydrogen (secondary N) is 1. The Labute approximate surface area is 107 Å². The fourth-order valence-corrected chi connectivity index (χ4v) is 1.99. The molecule has 92 valence electrons. The van der Waals surface area contributed by atoms with Gasteiger partial charge < -0.3 is 13.9 Å². The lowest BCUT2D eigenvalue weighted by molar-refractivity contribution is 0.417. The Morgan fingerprint density at radius 3 is 3.05 bits per heavy atom. The minimum Gasteiger partial charge on any atom is -0.459 e. The quantitative estimate of drug-likeness (QED) is 0.593. The highest BCUT2D eigenvalue weighted by atomic mass is 16.5. The number of hydrogen-bond acceptors (Lipinski definition) is 5. The summed E-state index contributed by atoms with van der Waals surface area (Å²) < 4.78 is 10.4. The van der Waals surface area contributed by atoms with Crippen molar-refractivity contribution in [1.82, 2.24) is 20.1 Å². The molecule has 0 aromatic carbocycles. The van der Waals surface area contributed by atoms with Gasteiger partial charge >= 0.3 is 0 Å². The largest absolute Gasteiger partial charge is 0.459 e. The molecule has 6 heteroatoms. The molecule has 0 radical (unpaired) electrons. The molecular formula is C13H8N4O2. The molecule has 0 saturated heterocycles. The maximum absolute atomic E-state index is 5.23. The zero-order chi connectivity index (χ0) is 12.7. The van der Waals surface area contributed by atoms with Crippen LogP contribution >= 0.6 is 0 Å². The number of aromatic amines is 1. The molecule has 4 aromatic rings. The summed E-state index contributed by atoms with van der Waals surface area (Å²) in [6.07, 6.45) is 5.10. The molecule has 4 heterocycles. The second kappa shape index (κ2) is 3.81. The van der Waals surface area contributed by atoms with Gasteiger partial charge in [-0.05, 0) is 24.3 Å². The minimum absolute atomic E-state index is 0.362. The summed E-state index contributed by atoms with van der Waals surface area (Å²) in [4.78, 5) is 11.6. The first-order valence-corrected chi connectivity index (χ1v) is 5.72. The number of H-pyrrole nitrogens is 1. The molecule has 0 spiro atoms. The Balaban J connectivity index is 1.87. The average Bonchev–Trinajstić information content (AvgIpc) is 3.18. The Morgan fingerprint density at radius 2 is 2.16 bits per heavy atom. The third-order valence-corrected chi connectivity index (χ3v) is 2.86. The van der Waals surface area contributed by atoms with E-state index in [1.807, 2.05) is 18.3 Å². The number of rotatable bonds is 2. The van der Waals surface area contributed by atoms with E-state index < -0.39 is 0 Å². The molecule has 0 fully saturated rings. The van der Waals surface area contributed by atoms with E-state index in [1.165, 1.54) is 0 Å². The van der Waals surface area contributed by atoms with Crippen molar-refractivity contribution in [3.63, 3.8) is 0 Å². The van der Waals surface area contributed by atoms with Crippen molar-refractivity contribution in [2.75, 3.05) is 0 Å². The van der Waals surface area contributed by atoms with Crippen molar-refractivity contribution in [2.45, 2.75) is 0 Å². The van der Waals surface area contributed by atoms with Crippen molar-refractivity contribution in [1.29, 1.82) is 0 Å². The Morgan fingerprint density at radius 1 is 1.16 bits per heavy atom. The van der Waals surface area contributed by atoms with E-state index >= 15 is 0 Å². The summed E-state index contributed by atoms with van der Waals surface area (Å²) in [6.45, 7) is 0. The lowest BCUT2D eigenvalue weighted by atomic mass is 10.2. The third kappa shape index (κ3) is 1.54. The van der Waals surface area contributed by atoms with Gasteiger partial charge in [-0.25, -0.2) is 4.98 Å². The van der Waals surface area contributed by atoms with Gasteiger partial charge in [0.05, 0.1) is 6.26 Å². The van der Waals surface area contributed by atoms with Crippen molar-refractivity contribution in [2.24, 2.45) is 0 Å². The second-order valence-electron chi connectivity index (χ2n) is 4.00. The van der Waals surface area contributed by atoms with Gasteiger partial charge in [-0.2, -0.15) is 4.98 Å². The predicted octanol–water partition coefficient (Wildman–Crippen LogP) is 2.87. The van der Waals surface area contributed by atoms with E-state index in [1.54, 1.807) is 24.6 Å². The van der Waals surface area contributed by atoms with Crippen LogP contribution in [0.3, 0.4) is 0 Å². The smallest absolute Gasteiger partial charge is 0.293 e. The molecule has 0 saturated carbocycles. The lowest BCUT2D eigenvalue weighted by Crippen LogP contribution is -1.84. The van der Waals surface area contributed by atoms with E-state index in [2.05, 4.69) is 20.1 Å². The summed E-state index contributed by atoms with van der Waals surface area (Å²) >= 11 is 0. The number of nitrogens with zero attached hydrogens (tertiary/aromatic N) is 3. The van der Waals surface area contributed by atoms with Gasteiger partial charge in [0.2, 0.25) is 5.82 Å².